The molecule has 1 N–H and O–H groups in total. The highest BCUT2D eigenvalue weighted by molar-refractivity contribution is 7.89. The minimum absolute atomic E-state index is 0.0276. The van der Waals surface area contributed by atoms with Crippen LogP contribution in [0.3, 0.4) is 0 Å². The smallest absolute Gasteiger partial charge is 0.317 e. The van der Waals surface area contributed by atoms with Crippen LogP contribution < -0.4 is 5.32 Å². The number of piperazine rings is 1. The number of carbonyl (C=O) groups is 1. The van der Waals surface area contributed by atoms with E-state index in [2.05, 4.69) is 5.32 Å². The fourth-order valence-electron chi connectivity index (χ4n) is 3.66. The third kappa shape index (κ3) is 4.05. The molecule has 2 aromatic carbocycles. The average molecular weight is 400 g/mol. The first-order chi connectivity index (χ1) is 13.6. The summed E-state index contributed by atoms with van der Waals surface area (Å²) in [6.07, 6.45) is 2.26. The lowest BCUT2D eigenvalue weighted by Gasteiger charge is -2.35. The Kier molecular flexibility index (Phi) is 5.37. The molecule has 1 atom stereocenters. The van der Waals surface area contributed by atoms with Gasteiger partial charge in [-0.1, -0.05) is 48.5 Å². The molecule has 0 spiro atoms. The number of hydrogen-bond acceptors (Lipinski definition) is 3. The molecule has 28 heavy (non-hydrogen) atoms. The van der Waals surface area contributed by atoms with Crippen LogP contribution in [0.2, 0.25) is 0 Å². The number of nitrogens with one attached hydrogen (secondary N) is 1. The van der Waals surface area contributed by atoms with Gasteiger partial charge in [0.2, 0.25) is 10.0 Å². The van der Waals surface area contributed by atoms with Gasteiger partial charge in [0.05, 0.1) is 10.9 Å². The maximum absolute atomic E-state index is 12.8. The molecule has 148 valence electrons. The summed E-state index contributed by atoms with van der Waals surface area (Å²) in [6, 6.07) is 18.4. The summed E-state index contributed by atoms with van der Waals surface area (Å²) in [5, 5.41) is 3.17. The molecule has 2 fully saturated rings. The lowest BCUT2D eigenvalue weighted by molar-refractivity contribution is 0.167. The summed E-state index contributed by atoms with van der Waals surface area (Å²) >= 11 is 0. The van der Waals surface area contributed by atoms with Gasteiger partial charge in [0.15, 0.2) is 0 Å². The Morgan fingerprint density at radius 2 is 1.46 bits per heavy atom. The van der Waals surface area contributed by atoms with Gasteiger partial charge in [-0.2, -0.15) is 4.31 Å². The van der Waals surface area contributed by atoms with Crippen molar-refractivity contribution in [1.29, 1.82) is 0 Å². The standard InChI is InChI=1S/C21H25N3O3S/c25-21(22-20(18-11-12-18)17-7-3-1-4-8-17)23-13-15-24(16-14-23)28(26,27)19-9-5-2-6-10-19/h1-10,18,20H,11-16H2,(H,22,25)/t20-/m1/s1. The molecule has 1 heterocycles. The molecular formula is C21H25N3O3S. The van der Waals surface area contributed by atoms with Crippen molar-refractivity contribution in [2.75, 3.05) is 26.2 Å². The molecule has 0 bridgehead atoms. The van der Waals surface area contributed by atoms with Crippen molar-refractivity contribution < 1.29 is 13.2 Å². The molecule has 0 unspecified atom stereocenters. The van der Waals surface area contributed by atoms with Crippen molar-refractivity contribution in [3.8, 4) is 0 Å². The number of amides is 2. The molecule has 1 aliphatic heterocycles. The third-order valence-corrected chi connectivity index (χ3v) is 7.35. The molecule has 0 aromatic heterocycles. The van der Waals surface area contributed by atoms with E-state index in [9.17, 15) is 13.2 Å². The Morgan fingerprint density at radius 3 is 2.04 bits per heavy atom. The highest BCUT2D eigenvalue weighted by Crippen LogP contribution is 2.41. The number of urea groups is 1. The van der Waals surface area contributed by atoms with Gasteiger partial charge in [0.1, 0.15) is 0 Å². The maximum atomic E-state index is 12.8. The average Bonchev–Trinajstić information content (AvgIpc) is 3.58. The molecule has 6 nitrogen and oxygen atoms in total. The molecular weight excluding hydrogens is 374 g/mol. The van der Waals surface area contributed by atoms with E-state index in [-0.39, 0.29) is 12.1 Å². The number of hydrogen-bond donors (Lipinski definition) is 1. The third-order valence-electron chi connectivity index (χ3n) is 5.44. The normalized spacial score (nSPS) is 19.2. The molecule has 1 aliphatic carbocycles. The number of benzene rings is 2. The second-order valence-corrected chi connectivity index (χ2v) is 9.32. The molecule has 4 rings (SSSR count). The molecule has 1 saturated heterocycles. The van der Waals surface area contributed by atoms with E-state index in [0.29, 0.717) is 37.0 Å². The molecule has 2 amide bonds. The zero-order valence-corrected chi connectivity index (χ0v) is 16.5. The van der Waals surface area contributed by atoms with E-state index in [4.69, 9.17) is 0 Å². The highest BCUT2D eigenvalue weighted by atomic mass is 32.2. The van der Waals surface area contributed by atoms with Gasteiger partial charge >= 0.3 is 6.03 Å². The summed E-state index contributed by atoms with van der Waals surface area (Å²) in [5.41, 5.74) is 1.13. The topological polar surface area (TPSA) is 69.7 Å². The summed E-state index contributed by atoms with van der Waals surface area (Å²) < 4.78 is 26.9. The second-order valence-electron chi connectivity index (χ2n) is 7.38. The van der Waals surface area contributed by atoms with E-state index in [1.807, 2.05) is 30.3 Å². The predicted octanol–water partition coefficient (Wildman–Crippen LogP) is 2.85. The molecule has 2 aromatic rings. The first-order valence-corrected chi connectivity index (χ1v) is 11.2. The lowest BCUT2D eigenvalue weighted by atomic mass is 10.0. The van der Waals surface area contributed by atoms with Crippen molar-refractivity contribution >= 4 is 16.1 Å². The predicted molar refractivity (Wildman–Crippen MR) is 107 cm³/mol. The van der Waals surface area contributed by atoms with Crippen LogP contribution in [0.25, 0.3) is 0 Å². The van der Waals surface area contributed by atoms with Gasteiger partial charge in [-0.3, -0.25) is 0 Å². The quantitative estimate of drug-likeness (QED) is 0.841. The Morgan fingerprint density at radius 1 is 0.893 bits per heavy atom. The van der Waals surface area contributed by atoms with Crippen molar-refractivity contribution in [3.05, 3.63) is 66.2 Å². The van der Waals surface area contributed by atoms with Gasteiger partial charge in [0, 0.05) is 26.2 Å². The lowest BCUT2D eigenvalue weighted by Crippen LogP contribution is -2.53. The zero-order chi connectivity index (χ0) is 19.6. The summed E-state index contributed by atoms with van der Waals surface area (Å²) in [6.45, 7) is 1.41. The number of carbonyl (C=O) groups excluding carboxylic acids is 1. The van der Waals surface area contributed by atoms with Crippen LogP contribution in [0.5, 0.6) is 0 Å². The summed E-state index contributed by atoms with van der Waals surface area (Å²) in [5.74, 6) is 0.492. The van der Waals surface area contributed by atoms with Crippen LogP contribution in [0.4, 0.5) is 4.79 Å². The van der Waals surface area contributed by atoms with Gasteiger partial charge in [-0.25, -0.2) is 13.2 Å². The summed E-state index contributed by atoms with van der Waals surface area (Å²) in [7, 11) is -3.51. The Labute approximate surface area is 166 Å². The molecule has 2 aliphatic rings. The van der Waals surface area contributed by atoms with Crippen LogP contribution in [0, 0.1) is 5.92 Å². The van der Waals surface area contributed by atoms with E-state index in [0.717, 1.165) is 18.4 Å². The molecule has 7 heteroatoms. The SMILES string of the molecule is O=C(N[C@H](c1ccccc1)C1CC1)N1CCN(S(=O)(=O)c2ccccc2)CC1. The summed E-state index contributed by atoms with van der Waals surface area (Å²) in [4.78, 5) is 14.8. The van der Waals surface area contributed by atoms with E-state index in [1.165, 1.54) is 4.31 Å². The highest BCUT2D eigenvalue weighted by Gasteiger charge is 2.35. The molecule has 0 radical (unpaired) electrons. The Bertz CT molecular complexity index is 906. The van der Waals surface area contributed by atoms with Gasteiger partial charge in [0.25, 0.3) is 0 Å². The monoisotopic (exact) mass is 399 g/mol. The molecule has 1 saturated carbocycles. The van der Waals surface area contributed by atoms with Gasteiger partial charge in [-0.15, -0.1) is 0 Å². The van der Waals surface area contributed by atoms with Gasteiger partial charge < -0.3 is 10.2 Å². The Balaban J connectivity index is 1.38. The van der Waals surface area contributed by atoms with Gasteiger partial charge in [-0.05, 0) is 36.5 Å². The first-order valence-electron chi connectivity index (χ1n) is 9.71. The van der Waals surface area contributed by atoms with Crippen LogP contribution in [0.1, 0.15) is 24.4 Å². The zero-order valence-electron chi connectivity index (χ0n) is 15.7. The van der Waals surface area contributed by atoms with E-state index < -0.39 is 10.0 Å². The maximum Gasteiger partial charge on any atom is 0.317 e. The Hall–Kier alpha value is -2.38. The van der Waals surface area contributed by atoms with Crippen molar-refractivity contribution in [2.45, 2.75) is 23.8 Å². The van der Waals surface area contributed by atoms with Crippen LogP contribution in [-0.4, -0.2) is 49.8 Å². The van der Waals surface area contributed by atoms with Crippen molar-refractivity contribution in [3.63, 3.8) is 0 Å². The van der Waals surface area contributed by atoms with Crippen LogP contribution >= 0.6 is 0 Å². The minimum atomic E-state index is -3.51. The fraction of sp³-hybridized carbons (Fsp3) is 0.381. The minimum Gasteiger partial charge on any atom is -0.331 e. The van der Waals surface area contributed by atoms with Crippen molar-refractivity contribution in [1.82, 2.24) is 14.5 Å². The van der Waals surface area contributed by atoms with Crippen LogP contribution in [-0.2, 0) is 10.0 Å². The van der Waals surface area contributed by atoms with Crippen molar-refractivity contribution in [2.24, 2.45) is 5.92 Å². The first kappa shape index (κ1) is 19.0. The fourth-order valence-corrected chi connectivity index (χ4v) is 5.10. The van der Waals surface area contributed by atoms with E-state index in [1.54, 1.807) is 35.2 Å². The largest absolute Gasteiger partial charge is 0.331 e. The number of rotatable bonds is 5. The van der Waals surface area contributed by atoms with Crippen LogP contribution in [0.15, 0.2) is 65.6 Å². The number of nitrogens with zero attached hydrogens (tertiary/aromatic N) is 2. The van der Waals surface area contributed by atoms with E-state index >= 15 is 0 Å². The number of sulfonamides is 1. The second kappa shape index (κ2) is 7.93.